The van der Waals surface area contributed by atoms with Gasteiger partial charge in [0.1, 0.15) is 0 Å². The quantitative estimate of drug-likeness (QED) is 0.558. The highest BCUT2D eigenvalue weighted by Crippen LogP contribution is 2.25. The van der Waals surface area contributed by atoms with Crippen LogP contribution in [0.25, 0.3) is 0 Å². The van der Waals surface area contributed by atoms with Gasteiger partial charge in [0, 0.05) is 20.3 Å². The van der Waals surface area contributed by atoms with Crippen LogP contribution >= 0.6 is 22.6 Å². The van der Waals surface area contributed by atoms with Crippen molar-refractivity contribution in [3.8, 4) is 11.8 Å². The number of rotatable bonds is 1. The maximum Gasteiger partial charge on any atom is 0.185 e. The molecule has 0 N–H and O–H groups in total. The van der Waals surface area contributed by atoms with Gasteiger partial charge in [-0.3, -0.25) is 0 Å². The summed E-state index contributed by atoms with van der Waals surface area (Å²) in [6, 6.07) is 16.1. The van der Waals surface area contributed by atoms with E-state index in [-0.39, 0.29) is 6.29 Å². The molecule has 1 fully saturated rings. The predicted octanol–water partition coefficient (Wildman–Crippen LogP) is 3.74. The molecule has 0 unspecified atom stereocenters. The maximum atomic E-state index is 5.56. The highest BCUT2D eigenvalue weighted by atomic mass is 127. The van der Waals surface area contributed by atoms with E-state index >= 15 is 0 Å². The summed E-state index contributed by atoms with van der Waals surface area (Å²) in [7, 11) is 0. The molecule has 1 aliphatic heterocycles. The zero-order chi connectivity index (χ0) is 13.8. The Morgan fingerprint density at radius 2 is 1.45 bits per heavy atom. The van der Waals surface area contributed by atoms with E-state index in [4.69, 9.17) is 9.47 Å². The molecule has 1 saturated heterocycles. The Kier molecular flexibility index (Phi) is 4.36. The lowest BCUT2D eigenvalue weighted by Crippen LogP contribution is -2.00. The van der Waals surface area contributed by atoms with Gasteiger partial charge in [0.05, 0.1) is 13.2 Å². The van der Waals surface area contributed by atoms with Gasteiger partial charge >= 0.3 is 0 Å². The second-order valence-electron chi connectivity index (χ2n) is 4.39. The molecule has 2 aromatic rings. The van der Waals surface area contributed by atoms with Crippen LogP contribution in [-0.2, 0) is 9.47 Å². The topological polar surface area (TPSA) is 18.5 Å². The Morgan fingerprint density at radius 3 is 2.20 bits per heavy atom. The van der Waals surface area contributed by atoms with Crippen molar-refractivity contribution < 1.29 is 9.47 Å². The van der Waals surface area contributed by atoms with E-state index in [0.717, 1.165) is 20.3 Å². The average molecular weight is 376 g/mol. The van der Waals surface area contributed by atoms with Gasteiger partial charge in [0.15, 0.2) is 6.29 Å². The summed E-state index contributed by atoms with van der Waals surface area (Å²) < 4.78 is 12.3. The smallest absolute Gasteiger partial charge is 0.185 e. The summed E-state index contributed by atoms with van der Waals surface area (Å²) in [5.74, 6) is 6.46. The normalized spacial score (nSPS) is 14.8. The third-order valence-corrected chi connectivity index (χ3v) is 3.98. The molecule has 1 heterocycles. The highest BCUT2D eigenvalue weighted by Gasteiger charge is 2.20. The lowest BCUT2D eigenvalue weighted by Gasteiger charge is -2.10. The van der Waals surface area contributed by atoms with Crippen LogP contribution in [0.5, 0.6) is 0 Å². The summed E-state index contributed by atoms with van der Waals surface area (Å²) in [5, 5.41) is 0. The van der Waals surface area contributed by atoms with Crippen molar-refractivity contribution in [3.05, 3.63) is 68.8 Å². The van der Waals surface area contributed by atoms with Crippen LogP contribution in [0.1, 0.15) is 23.0 Å². The van der Waals surface area contributed by atoms with Gasteiger partial charge in [-0.15, -0.1) is 0 Å². The Labute approximate surface area is 132 Å². The van der Waals surface area contributed by atoms with Crippen molar-refractivity contribution in [2.45, 2.75) is 6.29 Å². The molecule has 0 aliphatic carbocycles. The lowest BCUT2D eigenvalue weighted by atomic mass is 10.1. The van der Waals surface area contributed by atoms with E-state index in [9.17, 15) is 0 Å². The minimum Gasteiger partial charge on any atom is -0.346 e. The molecule has 20 heavy (non-hydrogen) atoms. The summed E-state index contributed by atoms with van der Waals surface area (Å²) in [4.78, 5) is 0. The molecule has 0 saturated carbocycles. The van der Waals surface area contributed by atoms with E-state index in [1.54, 1.807) is 0 Å². The van der Waals surface area contributed by atoms with Gasteiger partial charge in [0.2, 0.25) is 0 Å². The molecule has 0 aromatic heterocycles. The van der Waals surface area contributed by atoms with Crippen LogP contribution in [-0.4, -0.2) is 13.2 Å². The number of ether oxygens (including phenoxy) is 2. The monoisotopic (exact) mass is 376 g/mol. The van der Waals surface area contributed by atoms with Crippen LogP contribution < -0.4 is 0 Å². The van der Waals surface area contributed by atoms with E-state index in [0.29, 0.717) is 13.2 Å². The van der Waals surface area contributed by atoms with E-state index in [1.807, 2.05) is 42.5 Å². The summed E-state index contributed by atoms with van der Waals surface area (Å²) in [6.07, 6.45) is -0.282. The molecule has 0 radical (unpaired) electrons. The largest absolute Gasteiger partial charge is 0.346 e. The maximum absolute atomic E-state index is 5.56. The summed E-state index contributed by atoms with van der Waals surface area (Å²) in [6.45, 7) is 1.28. The van der Waals surface area contributed by atoms with Gasteiger partial charge in [-0.1, -0.05) is 42.2 Å². The first-order valence-corrected chi connectivity index (χ1v) is 7.51. The number of hydrogen-bond acceptors (Lipinski definition) is 2. The predicted molar refractivity (Wildman–Crippen MR) is 86.2 cm³/mol. The zero-order valence-electron chi connectivity index (χ0n) is 10.8. The number of halogens is 1. The van der Waals surface area contributed by atoms with Crippen molar-refractivity contribution >= 4 is 22.6 Å². The van der Waals surface area contributed by atoms with Gasteiger partial charge in [0.25, 0.3) is 0 Å². The van der Waals surface area contributed by atoms with Crippen LogP contribution in [0.15, 0.2) is 48.5 Å². The molecule has 0 atom stereocenters. The number of hydrogen-bond donors (Lipinski definition) is 0. The van der Waals surface area contributed by atoms with Gasteiger partial charge in [-0.25, -0.2) is 0 Å². The van der Waals surface area contributed by atoms with Crippen molar-refractivity contribution in [2.24, 2.45) is 0 Å². The molecular formula is C17H13IO2. The molecule has 0 spiro atoms. The molecule has 2 aromatic carbocycles. The van der Waals surface area contributed by atoms with Crippen LogP contribution in [0.3, 0.4) is 0 Å². The first-order valence-electron chi connectivity index (χ1n) is 6.43. The molecule has 0 amide bonds. The molecule has 100 valence electrons. The Morgan fingerprint density at radius 1 is 0.850 bits per heavy atom. The molecule has 3 heteroatoms. The van der Waals surface area contributed by atoms with Crippen LogP contribution in [0.2, 0.25) is 0 Å². The van der Waals surface area contributed by atoms with Crippen molar-refractivity contribution in [1.29, 1.82) is 0 Å². The zero-order valence-corrected chi connectivity index (χ0v) is 13.0. The van der Waals surface area contributed by atoms with E-state index < -0.39 is 0 Å². The van der Waals surface area contributed by atoms with Crippen molar-refractivity contribution in [2.75, 3.05) is 13.2 Å². The molecule has 0 bridgehead atoms. The Balaban J connectivity index is 1.94. The first-order chi connectivity index (χ1) is 9.84. The fourth-order valence-electron chi connectivity index (χ4n) is 2.05. The number of benzene rings is 2. The van der Waals surface area contributed by atoms with E-state index in [1.165, 1.54) is 0 Å². The summed E-state index contributed by atoms with van der Waals surface area (Å²) in [5.41, 5.74) is 3.00. The van der Waals surface area contributed by atoms with Gasteiger partial charge < -0.3 is 9.47 Å². The SMILES string of the molecule is Ic1ccccc1C#Cc1ccccc1C1OCCO1. The Bertz CT molecular complexity index is 664. The standard InChI is InChI=1S/C17H13IO2/c18-16-8-4-2-6-14(16)10-9-13-5-1-3-7-15(13)17-19-11-12-20-17/h1-8,17H,11-12H2. The lowest BCUT2D eigenvalue weighted by molar-refractivity contribution is -0.0442. The minimum atomic E-state index is -0.282. The fraction of sp³-hybridized carbons (Fsp3) is 0.176. The van der Waals surface area contributed by atoms with Crippen LogP contribution in [0.4, 0.5) is 0 Å². The summed E-state index contributed by atoms with van der Waals surface area (Å²) >= 11 is 2.30. The third kappa shape index (κ3) is 3.04. The second kappa shape index (κ2) is 6.40. The van der Waals surface area contributed by atoms with Gasteiger partial charge in [-0.2, -0.15) is 0 Å². The first kappa shape index (κ1) is 13.6. The molecule has 3 rings (SSSR count). The van der Waals surface area contributed by atoms with E-state index in [2.05, 4.69) is 40.5 Å². The van der Waals surface area contributed by atoms with Crippen LogP contribution in [0, 0.1) is 15.4 Å². The fourth-order valence-corrected chi connectivity index (χ4v) is 2.57. The van der Waals surface area contributed by atoms with Crippen molar-refractivity contribution in [3.63, 3.8) is 0 Å². The van der Waals surface area contributed by atoms with Gasteiger partial charge in [-0.05, 0) is 40.8 Å². The molecular weight excluding hydrogens is 363 g/mol. The average Bonchev–Trinajstić information content (AvgIpc) is 3.01. The highest BCUT2D eigenvalue weighted by molar-refractivity contribution is 14.1. The van der Waals surface area contributed by atoms with Crippen molar-refractivity contribution in [1.82, 2.24) is 0 Å². The minimum absolute atomic E-state index is 0.282. The molecule has 1 aliphatic rings. The Hall–Kier alpha value is -1.35. The molecule has 2 nitrogen and oxygen atoms in total. The second-order valence-corrected chi connectivity index (χ2v) is 5.55. The third-order valence-electron chi connectivity index (χ3n) is 3.04.